The quantitative estimate of drug-likeness (QED) is 0.154. The molecule has 0 amide bonds. The van der Waals surface area contributed by atoms with E-state index in [1.807, 2.05) is 63.1 Å². The number of allylic oxidation sites excluding steroid dienone is 2. The SMILES string of the molecule is C/C=C(\C)C(C)(C)SSCCOC1COCC1OC(C)C.C=C1CCCC(C)C1.CC.COC(C)C. The minimum Gasteiger partial charge on any atom is -0.382 e. The second-order valence-corrected chi connectivity index (χ2v) is 13.3. The summed E-state index contributed by atoms with van der Waals surface area (Å²) in [6, 6.07) is 0. The summed E-state index contributed by atoms with van der Waals surface area (Å²) in [6.45, 7) is 29.2. The summed E-state index contributed by atoms with van der Waals surface area (Å²) in [5.74, 6) is 1.90. The molecule has 2 aliphatic rings. The molecule has 216 valence electrons. The summed E-state index contributed by atoms with van der Waals surface area (Å²) in [7, 11) is 5.48. The molecule has 0 aromatic carbocycles. The van der Waals surface area contributed by atoms with E-state index in [0.717, 1.165) is 18.3 Å². The molecule has 3 unspecified atom stereocenters. The van der Waals surface area contributed by atoms with Crippen LogP contribution in [0.15, 0.2) is 23.8 Å². The summed E-state index contributed by atoms with van der Waals surface area (Å²) >= 11 is 0. The summed E-state index contributed by atoms with van der Waals surface area (Å²) in [5, 5.41) is 0. The molecule has 0 radical (unpaired) electrons. The van der Waals surface area contributed by atoms with Gasteiger partial charge in [-0.25, -0.2) is 0 Å². The van der Waals surface area contributed by atoms with E-state index in [9.17, 15) is 0 Å². The van der Waals surface area contributed by atoms with Crippen LogP contribution in [0.3, 0.4) is 0 Å². The summed E-state index contributed by atoms with van der Waals surface area (Å²) in [6.07, 6.45) is 8.32. The molecule has 2 rings (SSSR count). The number of methoxy groups -OCH3 is 1. The normalized spacial score (nSPS) is 22.3. The Bertz CT molecular complexity index is 561. The van der Waals surface area contributed by atoms with Crippen molar-refractivity contribution in [3.8, 4) is 0 Å². The molecule has 0 aromatic rings. The molecule has 4 nitrogen and oxygen atoms in total. The van der Waals surface area contributed by atoms with E-state index in [-0.39, 0.29) is 23.1 Å². The van der Waals surface area contributed by atoms with Gasteiger partial charge in [-0.1, -0.05) is 72.6 Å². The van der Waals surface area contributed by atoms with Gasteiger partial charge >= 0.3 is 0 Å². The van der Waals surface area contributed by atoms with Gasteiger partial charge in [-0.2, -0.15) is 0 Å². The Labute approximate surface area is 233 Å². The highest BCUT2D eigenvalue weighted by Crippen LogP contribution is 2.40. The van der Waals surface area contributed by atoms with E-state index in [4.69, 9.17) is 18.9 Å². The maximum absolute atomic E-state index is 5.92. The molecule has 2 fully saturated rings. The predicted molar refractivity (Wildman–Crippen MR) is 164 cm³/mol. The second-order valence-electron chi connectivity index (χ2n) is 10.3. The smallest absolute Gasteiger partial charge is 0.110 e. The first-order valence-corrected chi connectivity index (χ1v) is 16.2. The van der Waals surface area contributed by atoms with Gasteiger partial charge in [-0.15, -0.1) is 0 Å². The molecule has 1 saturated carbocycles. The largest absolute Gasteiger partial charge is 0.382 e. The Kier molecular flexibility index (Phi) is 24.3. The number of hydrogen-bond donors (Lipinski definition) is 0. The van der Waals surface area contributed by atoms with Crippen LogP contribution < -0.4 is 0 Å². The monoisotopic (exact) mass is 548 g/mol. The number of ether oxygens (including phenoxy) is 4. The molecule has 6 heteroatoms. The third-order valence-electron chi connectivity index (χ3n) is 5.91. The molecule has 0 spiro atoms. The molecule has 0 aromatic heterocycles. The standard InChI is InChI=1S/C16H30O3S2.C8H14.C4H10O.C2H6/c1-7-13(4)16(5,6)21-20-9-8-18-14-10-17-11-15(14)19-12(2)3;1-7-4-3-5-8(2)6-7;1-4(2)5-3;1-2/h7,12,14-15H,8-11H2,1-6H3;8H,1,3-6H2,2H3;4H,1-3H3;1-2H3/b13-7+;;;. The van der Waals surface area contributed by atoms with Gasteiger partial charge in [0.15, 0.2) is 0 Å². The molecular formula is C30H60O4S2. The topological polar surface area (TPSA) is 36.9 Å². The Morgan fingerprint density at radius 3 is 2.17 bits per heavy atom. The lowest BCUT2D eigenvalue weighted by molar-refractivity contribution is -0.0650. The van der Waals surface area contributed by atoms with E-state index in [0.29, 0.717) is 19.3 Å². The highest BCUT2D eigenvalue weighted by Gasteiger charge is 2.30. The van der Waals surface area contributed by atoms with Crippen molar-refractivity contribution < 1.29 is 18.9 Å². The fourth-order valence-electron chi connectivity index (χ4n) is 3.38. The van der Waals surface area contributed by atoms with Gasteiger partial charge in [0, 0.05) is 17.6 Å². The van der Waals surface area contributed by atoms with Crippen molar-refractivity contribution in [2.45, 2.75) is 131 Å². The highest BCUT2D eigenvalue weighted by atomic mass is 33.1. The van der Waals surface area contributed by atoms with Crippen molar-refractivity contribution in [2.24, 2.45) is 5.92 Å². The predicted octanol–water partition coefficient (Wildman–Crippen LogP) is 9.14. The first-order chi connectivity index (χ1) is 16.9. The molecule has 0 N–H and O–H groups in total. The summed E-state index contributed by atoms with van der Waals surface area (Å²) in [4.78, 5) is 0. The van der Waals surface area contributed by atoms with Crippen LogP contribution in [-0.4, -0.2) is 61.8 Å². The van der Waals surface area contributed by atoms with Crippen LogP contribution in [0.4, 0.5) is 0 Å². The van der Waals surface area contributed by atoms with Crippen molar-refractivity contribution >= 4 is 21.6 Å². The zero-order chi connectivity index (χ0) is 28.1. The summed E-state index contributed by atoms with van der Waals surface area (Å²) < 4.78 is 22.1. The molecule has 1 heterocycles. The fourth-order valence-corrected chi connectivity index (χ4v) is 5.90. The van der Waals surface area contributed by atoms with Crippen molar-refractivity contribution in [2.75, 3.05) is 32.7 Å². The highest BCUT2D eigenvalue weighted by molar-refractivity contribution is 8.77. The average molecular weight is 549 g/mol. The molecule has 3 atom stereocenters. The van der Waals surface area contributed by atoms with Gasteiger partial charge in [0.1, 0.15) is 12.2 Å². The van der Waals surface area contributed by atoms with Crippen molar-refractivity contribution in [1.29, 1.82) is 0 Å². The van der Waals surface area contributed by atoms with E-state index >= 15 is 0 Å². The average Bonchev–Trinajstić information content (AvgIpc) is 3.26. The van der Waals surface area contributed by atoms with Crippen LogP contribution in [0, 0.1) is 5.92 Å². The molecule has 1 aliphatic carbocycles. The lowest BCUT2D eigenvalue weighted by atomic mass is 9.88. The van der Waals surface area contributed by atoms with Gasteiger partial charge in [-0.05, 0) is 80.6 Å². The number of hydrogen-bond acceptors (Lipinski definition) is 6. The van der Waals surface area contributed by atoms with Gasteiger partial charge in [0.2, 0.25) is 0 Å². The lowest BCUT2D eigenvalue weighted by Crippen LogP contribution is -2.32. The molecule has 1 saturated heterocycles. The Morgan fingerprint density at radius 1 is 1.14 bits per heavy atom. The fraction of sp³-hybridized carbons (Fsp3) is 0.867. The first kappa shape index (κ1) is 38.2. The van der Waals surface area contributed by atoms with Gasteiger partial charge in [0.05, 0.1) is 32.0 Å². The van der Waals surface area contributed by atoms with Gasteiger partial charge in [-0.3, -0.25) is 0 Å². The van der Waals surface area contributed by atoms with Crippen LogP contribution in [0.1, 0.15) is 102 Å². The third kappa shape index (κ3) is 20.0. The van der Waals surface area contributed by atoms with Gasteiger partial charge in [0.25, 0.3) is 0 Å². The molecule has 1 aliphatic heterocycles. The van der Waals surface area contributed by atoms with E-state index in [2.05, 4.69) is 47.3 Å². The van der Waals surface area contributed by atoms with Crippen molar-refractivity contribution in [3.63, 3.8) is 0 Å². The minimum absolute atomic E-state index is 0.0864. The molecule has 0 bridgehead atoms. The van der Waals surface area contributed by atoms with Gasteiger partial charge < -0.3 is 18.9 Å². The van der Waals surface area contributed by atoms with E-state index in [1.165, 1.54) is 36.8 Å². The van der Waals surface area contributed by atoms with Crippen molar-refractivity contribution in [1.82, 2.24) is 0 Å². The molecule has 36 heavy (non-hydrogen) atoms. The molecular weight excluding hydrogens is 488 g/mol. The number of rotatable bonds is 10. The first-order valence-electron chi connectivity index (χ1n) is 13.9. The van der Waals surface area contributed by atoms with E-state index in [1.54, 1.807) is 7.11 Å². The zero-order valence-corrected chi connectivity index (χ0v) is 27.4. The lowest BCUT2D eigenvalue weighted by Gasteiger charge is -2.24. The summed E-state index contributed by atoms with van der Waals surface area (Å²) in [5.41, 5.74) is 2.87. The minimum atomic E-state index is 0.0864. The van der Waals surface area contributed by atoms with Crippen LogP contribution in [-0.2, 0) is 18.9 Å². The second kappa shape index (κ2) is 23.0. The zero-order valence-electron chi connectivity index (χ0n) is 25.8. The van der Waals surface area contributed by atoms with Crippen LogP contribution in [0.2, 0.25) is 0 Å². The third-order valence-corrected chi connectivity index (χ3v) is 9.20. The van der Waals surface area contributed by atoms with Crippen molar-refractivity contribution in [3.05, 3.63) is 23.8 Å². The Balaban J connectivity index is 0. The maximum atomic E-state index is 5.92. The maximum Gasteiger partial charge on any atom is 0.110 e. The van der Waals surface area contributed by atoms with Crippen LogP contribution in [0.5, 0.6) is 0 Å². The van der Waals surface area contributed by atoms with Crippen LogP contribution >= 0.6 is 21.6 Å². The van der Waals surface area contributed by atoms with Crippen LogP contribution in [0.25, 0.3) is 0 Å². The van der Waals surface area contributed by atoms with E-state index < -0.39 is 0 Å². The Morgan fingerprint density at radius 2 is 1.72 bits per heavy atom. The Hall–Kier alpha value is 0.0200.